The molecule has 3 atom stereocenters. The molecule has 0 bridgehead atoms. The lowest BCUT2D eigenvalue weighted by Crippen LogP contribution is -2.55. The molecule has 10 nitrogen and oxygen atoms in total. The first-order valence-corrected chi connectivity index (χ1v) is 10.5. The minimum absolute atomic E-state index is 0.0864. The third-order valence-corrected chi connectivity index (χ3v) is 6.31. The number of nitrogens with one attached hydrogen (secondary N) is 2. The molecule has 4 rings (SSSR count). The van der Waals surface area contributed by atoms with Crippen LogP contribution in [0.2, 0.25) is 0 Å². The van der Waals surface area contributed by atoms with Crippen LogP contribution in [-0.2, 0) is 9.47 Å². The van der Waals surface area contributed by atoms with Gasteiger partial charge in [0, 0.05) is 17.0 Å². The highest BCUT2D eigenvalue weighted by Gasteiger charge is 2.43. The molecule has 164 valence electrons. The molecule has 0 saturated carbocycles. The Kier molecular flexibility index (Phi) is 6.07. The van der Waals surface area contributed by atoms with E-state index < -0.39 is 17.2 Å². The number of rotatable bonds is 6. The van der Waals surface area contributed by atoms with E-state index in [9.17, 15) is 14.9 Å². The van der Waals surface area contributed by atoms with Crippen LogP contribution in [0.1, 0.15) is 35.9 Å². The number of methoxy groups -OCH3 is 1. The smallest absolute Gasteiger partial charge is 0.497 e. The average Bonchev–Trinajstić information content (AvgIpc) is 3.41. The number of hydrogen-bond donors (Lipinski definition) is 2. The molecule has 11 heteroatoms. The third kappa shape index (κ3) is 4.33. The molecule has 3 heterocycles. The summed E-state index contributed by atoms with van der Waals surface area (Å²) >= 11 is 1.14. The molecule has 0 amide bonds. The van der Waals surface area contributed by atoms with Crippen LogP contribution >= 0.6 is 11.3 Å². The molecule has 2 aliphatic heterocycles. The average molecular weight is 446 g/mol. The molecule has 2 N–H and O–H groups in total. The van der Waals surface area contributed by atoms with E-state index >= 15 is 0 Å². The van der Waals surface area contributed by atoms with Crippen LogP contribution < -0.4 is 15.5 Å². The number of hydrazine groups is 1. The van der Waals surface area contributed by atoms with Gasteiger partial charge in [-0.3, -0.25) is 15.4 Å². The molecule has 0 spiro atoms. The summed E-state index contributed by atoms with van der Waals surface area (Å²) in [6.45, 7) is 1.91. The summed E-state index contributed by atoms with van der Waals surface area (Å²) in [5.41, 5.74) is 4.20. The van der Waals surface area contributed by atoms with Gasteiger partial charge in [-0.1, -0.05) is 23.5 Å². The maximum absolute atomic E-state index is 11.9. The van der Waals surface area contributed by atoms with Gasteiger partial charge in [-0.15, -0.1) is 0 Å². The molecule has 0 radical (unpaired) electrons. The highest BCUT2D eigenvalue weighted by atomic mass is 32.1. The first-order chi connectivity index (χ1) is 15.0. The fourth-order valence-electron chi connectivity index (χ4n) is 3.73. The van der Waals surface area contributed by atoms with Gasteiger partial charge < -0.3 is 19.6 Å². The molecule has 1 aromatic carbocycles. The standard InChI is InChI=1S/C20H22N4O6S/c1-3-29-20(25)30-16-11-21-23-15(12-4-6-13(28-2)7-5-12)10-14(22-19(16)23)17-8-9-18(31-17)24(26)27/h4-9,11,14-15,19,21-22H,3,10H2,1-2H3. The molecule has 3 unspecified atom stereocenters. The zero-order valence-electron chi connectivity index (χ0n) is 16.9. The second kappa shape index (κ2) is 8.92. The Hall–Kier alpha value is -3.15. The number of thiophene rings is 1. The van der Waals surface area contributed by atoms with Gasteiger partial charge in [0.1, 0.15) is 11.9 Å². The first kappa shape index (κ1) is 21.1. The first-order valence-electron chi connectivity index (χ1n) is 9.73. The van der Waals surface area contributed by atoms with Gasteiger partial charge in [0.25, 0.3) is 0 Å². The van der Waals surface area contributed by atoms with Crippen molar-refractivity contribution in [1.82, 2.24) is 15.8 Å². The van der Waals surface area contributed by atoms with Gasteiger partial charge in [-0.2, -0.15) is 5.01 Å². The van der Waals surface area contributed by atoms with Crippen molar-refractivity contribution in [3.63, 3.8) is 0 Å². The summed E-state index contributed by atoms with van der Waals surface area (Å²) in [6, 6.07) is 10.7. The van der Waals surface area contributed by atoms with E-state index in [0.717, 1.165) is 27.5 Å². The van der Waals surface area contributed by atoms with Crippen molar-refractivity contribution in [3.05, 3.63) is 68.9 Å². The largest absolute Gasteiger partial charge is 0.513 e. The number of fused-ring (bicyclic) bond motifs is 1. The molecule has 0 aliphatic carbocycles. The van der Waals surface area contributed by atoms with E-state index in [0.29, 0.717) is 12.2 Å². The van der Waals surface area contributed by atoms with Crippen LogP contribution in [-0.4, -0.2) is 36.0 Å². The van der Waals surface area contributed by atoms with Gasteiger partial charge in [-0.05, 0) is 37.1 Å². The van der Waals surface area contributed by atoms with Gasteiger partial charge in [-0.25, -0.2) is 4.79 Å². The van der Waals surface area contributed by atoms with Crippen LogP contribution in [0.25, 0.3) is 0 Å². The Morgan fingerprint density at radius 3 is 2.71 bits per heavy atom. The van der Waals surface area contributed by atoms with Crippen molar-refractivity contribution < 1.29 is 23.9 Å². The Balaban J connectivity index is 1.63. The van der Waals surface area contributed by atoms with Crippen LogP contribution in [0.4, 0.5) is 9.80 Å². The molecule has 2 aliphatic rings. The predicted octanol–water partition coefficient (Wildman–Crippen LogP) is 3.60. The highest BCUT2D eigenvalue weighted by molar-refractivity contribution is 7.15. The summed E-state index contributed by atoms with van der Waals surface area (Å²) in [5, 5.41) is 16.6. The lowest BCUT2D eigenvalue weighted by atomic mass is 9.94. The number of nitro groups is 1. The van der Waals surface area contributed by atoms with Crippen molar-refractivity contribution in [1.29, 1.82) is 0 Å². The second-order valence-electron chi connectivity index (χ2n) is 6.95. The predicted molar refractivity (Wildman–Crippen MR) is 112 cm³/mol. The Bertz CT molecular complexity index is 992. The van der Waals surface area contributed by atoms with Crippen LogP contribution in [0.5, 0.6) is 5.75 Å². The van der Waals surface area contributed by atoms with Crippen molar-refractivity contribution in [2.24, 2.45) is 0 Å². The van der Waals surface area contributed by atoms with Gasteiger partial charge in [0.2, 0.25) is 0 Å². The number of hydrogen-bond acceptors (Lipinski definition) is 10. The summed E-state index contributed by atoms with van der Waals surface area (Å²) in [4.78, 5) is 23.5. The fraction of sp³-hybridized carbons (Fsp3) is 0.350. The van der Waals surface area contributed by atoms with Crippen molar-refractivity contribution in [3.8, 4) is 5.75 Å². The summed E-state index contributed by atoms with van der Waals surface area (Å²) < 4.78 is 15.5. The maximum atomic E-state index is 11.9. The van der Waals surface area contributed by atoms with E-state index in [4.69, 9.17) is 14.2 Å². The molecule has 1 aromatic heterocycles. The molecule has 1 fully saturated rings. The SMILES string of the molecule is CCOC(=O)OC1=CNN2C1NC(c1ccc([N+](=O)[O-])s1)CC2c1ccc(OC)cc1. The van der Waals surface area contributed by atoms with Crippen LogP contribution in [0, 0.1) is 10.1 Å². The van der Waals surface area contributed by atoms with Crippen LogP contribution in [0.15, 0.2) is 48.4 Å². The van der Waals surface area contributed by atoms with E-state index in [-0.39, 0.29) is 23.7 Å². The number of ether oxygens (including phenoxy) is 3. The molecule has 2 aromatic rings. The van der Waals surface area contributed by atoms with Crippen molar-refractivity contribution >= 4 is 22.5 Å². The summed E-state index contributed by atoms with van der Waals surface area (Å²) in [6.07, 6.45) is 1.02. The zero-order valence-corrected chi connectivity index (χ0v) is 17.8. The van der Waals surface area contributed by atoms with Gasteiger partial charge >= 0.3 is 11.2 Å². The quantitative estimate of drug-likeness (QED) is 0.390. The van der Waals surface area contributed by atoms with E-state index in [1.54, 1.807) is 26.3 Å². The monoisotopic (exact) mass is 446 g/mol. The van der Waals surface area contributed by atoms with Crippen molar-refractivity contribution in [2.75, 3.05) is 13.7 Å². The van der Waals surface area contributed by atoms with Gasteiger partial charge in [0.15, 0.2) is 5.76 Å². The fourth-order valence-corrected chi connectivity index (χ4v) is 4.63. The summed E-state index contributed by atoms with van der Waals surface area (Å²) in [7, 11) is 1.61. The topological polar surface area (TPSA) is 115 Å². The minimum atomic E-state index is -0.783. The highest BCUT2D eigenvalue weighted by Crippen LogP contribution is 2.42. The molecule has 1 saturated heterocycles. The Morgan fingerprint density at radius 1 is 1.29 bits per heavy atom. The maximum Gasteiger partial charge on any atom is 0.513 e. The van der Waals surface area contributed by atoms with E-state index in [2.05, 4.69) is 10.7 Å². The Labute approximate surface area is 182 Å². The number of benzene rings is 1. The number of carbonyl (C=O) groups excluding carboxylic acids is 1. The number of carbonyl (C=O) groups is 1. The number of nitrogens with zero attached hydrogens (tertiary/aromatic N) is 2. The lowest BCUT2D eigenvalue weighted by Gasteiger charge is -2.42. The van der Waals surface area contributed by atoms with E-state index in [1.165, 1.54) is 6.07 Å². The molecule has 31 heavy (non-hydrogen) atoms. The van der Waals surface area contributed by atoms with Crippen LogP contribution in [0.3, 0.4) is 0 Å². The Morgan fingerprint density at radius 2 is 2.06 bits per heavy atom. The zero-order chi connectivity index (χ0) is 22.0. The van der Waals surface area contributed by atoms with Crippen molar-refractivity contribution in [2.45, 2.75) is 31.6 Å². The lowest BCUT2D eigenvalue weighted by molar-refractivity contribution is -0.380. The molecular weight excluding hydrogens is 424 g/mol. The third-order valence-electron chi connectivity index (χ3n) is 5.16. The second-order valence-corrected chi connectivity index (χ2v) is 8.04. The normalized spacial score (nSPS) is 22.8. The molecular formula is C20H22N4O6S. The minimum Gasteiger partial charge on any atom is -0.497 e. The summed E-state index contributed by atoms with van der Waals surface area (Å²) in [5.74, 6) is 1.12. The van der Waals surface area contributed by atoms with Gasteiger partial charge in [0.05, 0.1) is 30.9 Å². The van der Waals surface area contributed by atoms with E-state index in [1.807, 2.05) is 29.3 Å².